The van der Waals surface area contributed by atoms with Crippen LogP contribution in [0.4, 0.5) is 13.2 Å². The first-order chi connectivity index (χ1) is 11.2. The Morgan fingerprint density at radius 1 is 1.38 bits per heavy atom. The molecule has 1 saturated heterocycles. The van der Waals surface area contributed by atoms with E-state index in [0.717, 1.165) is 4.68 Å². The molecule has 0 aliphatic carbocycles. The smallest absolute Gasteiger partial charge is 0.376 e. The summed E-state index contributed by atoms with van der Waals surface area (Å²) in [7, 11) is 0. The number of alkyl halides is 3. The number of hydrogen-bond acceptors (Lipinski definition) is 5. The van der Waals surface area contributed by atoms with E-state index in [4.69, 9.17) is 9.47 Å². The van der Waals surface area contributed by atoms with Gasteiger partial charge in [-0.05, 0) is 26.8 Å². The maximum absolute atomic E-state index is 13.3. The average molecular weight is 347 g/mol. The zero-order chi connectivity index (χ0) is 17.5. The summed E-state index contributed by atoms with van der Waals surface area (Å²) in [4.78, 5) is 12.5. The second-order valence-corrected chi connectivity index (χ2v) is 6.73. The topological polar surface area (TPSA) is 65.4 Å². The van der Waals surface area contributed by atoms with Crippen LogP contribution in [0.1, 0.15) is 30.7 Å². The summed E-state index contributed by atoms with van der Waals surface area (Å²) in [5.74, 6) is 0. The van der Waals surface area contributed by atoms with E-state index in [1.807, 2.05) is 13.8 Å². The number of ether oxygens (including phenoxy) is 2. The lowest BCUT2D eigenvalue weighted by molar-refractivity contribution is -0.187. The SMILES string of the molecule is CC1(C)COCC(Cn2nc(C(F)(F)F)c3c(c2=O)CCNC3)O1. The van der Waals surface area contributed by atoms with Crippen LogP contribution in [-0.4, -0.2) is 41.2 Å². The molecule has 1 fully saturated rings. The fraction of sp³-hybridized carbons (Fsp3) is 0.733. The van der Waals surface area contributed by atoms with Crippen LogP contribution in [0.3, 0.4) is 0 Å². The zero-order valence-corrected chi connectivity index (χ0v) is 13.6. The lowest BCUT2D eigenvalue weighted by Crippen LogP contribution is -2.47. The first-order valence-electron chi connectivity index (χ1n) is 7.84. The minimum absolute atomic E-state index is 0.00330. The van der Waals surface area contributed by atoms with Crippen molar-refractivity contribution in [1.29, 1.82) is 0 Å². The Morgan fingerprint density at radius 2 is 2.12 bits per heavy atom. The third-order valence-electron chi connectivity index (χ3n) is 4.10. The van der Waals surface area contributed by atoms with Crippen molar-refractivity contribution in [3.05, 3.63) is 27.2 Å². The summed E-state index contributed by atoms with van der Waals surface area (Å²) < 4.78 is 52.1. The van der Waals surface area contributed by atoms with Gasteiger partial charge in [0.05, 0.1) is 25.4 Å². The third-order valence-corrected chi connectivity index (χ3v) is 4.10. The quantitative estimate of drug-likeness (QED) is 0.868. The second-order valence-electron chi connectivity index (χ2n) is 6.73. The summed E-state index contributed by atoms with van der Waals surface area (Å²) in [6.07, 6.45) is -4.87. The zero-order valence-electron chi connectivity index (χ0n) is 13.6. The van der Waals surface area contributed by atoms with Gasteiger partial charge in [0.15, 0.2) is 5.69 Å². The average Bonchev–Trinajstić information content (AvgIpc) is 2.48. The molecule has 1 aromatic heterocycles. The Morgan fingerprint density at radius 3 is 2.79 bits per heavy atom. The largest absolute Gasteiger partial charge is 0.435 e. The molecule has 3 rings (SSSR count). The molecule has 2 aliphatic heterocycles. The number of aromatic nitrogens is 2. The van der Waals surface area contributed by atoms with Gasteiger partial charge in [-0.3, -0.25) is 4.79 Å². The monoisotopic (exact) mass is 347 g/mol. The molecule has 0 saturated carbocycles. The van der Waals surface area contributed by atoms with Crippen LogP contribution in [-0.2, 0) is 35.2 Å². The van der Waals surface area contributed by atoms with Crippen molar-refractivity contribution in [2.75, 3.05) is 19.8 Å². The highest BCUT2D eigenvalue weighted by molar-refractivity contribution is 5.32. The van der Waals surface area contributed by atoms with Gasteiger partial charge in [0.2, 0.25) is 0 Å². The van der Waals surface area contributed by atoms with E-state index >= 15 is 0 Å². The van der Waals surface area contributed by atoms with Gasteiger partial charge in [-0.25, -0.2) is 4.68 Å². The van der Waals surface area contributed by atoms with Crippen molar-refractivity contribution >= 4 is 0 Å². The van der Waals surface area contributed by atoms with E-state index in [0.29, 0.717) is 13.2 Å². The van der Waals surface area contributed by atoms with Crippen molar-refractivity contribution < 1.29 is 22.6 Å². The Labute approximate surface area is 136 Å². The number of rotatable bonds is 2. The predicted octanol–water partition coefficient (Wildman–Crippen LogP) is 1.10. The molecular formula is C15H20F3N3O3. The highest BCUT2D eigenvalue weighted by Gasteiger charge is 2.39. The number of nitrogens with zero attached hydrogens (tertiary/aromatic N) is 2. The second kappa shape index (κ2) is 6.12. The van der Waals surface area contributed by atoms with Crippen LogP contribution in [0.5, 0.6) is 0 Å². The highest BCUT2D eigenvalue weighted by atomic mass is 19.4. The van der Waals surface area contributed by atoms with Crippen LogP contribution in [0.2, 0.25) is 0 Å². The molecule has 24 heavy (non-hydrogen) atoms. The van der Waals surface area contributed by atoms with E-state index < -0.39 is 29.1 Å². The van der Waals surface area contributed by atoms with Crippen molar-refractivity contribution in [2.45, 2.75) is 51.2 Å². The van der Waals surface area contributed by atoms with E-state index in [9.17, 15) is 18.0 Å². The number of halogens is 3. The molecule has 9 heteroatoms. The summed E-state index contributed by atoms with van der Waals surface area (Å²) in [6.45, 7) is 4.69. The van der Waals surface area contributed by atoms with Gasteiger partial charge in [-0.15, -0.1) is 0 Å². The molecule has 0 amide bonds. The Balaban J connectivity index is 1.97. The van der Waals surface area contributed by atoms with Crippen molar-refractivity contribution in [2.24, 2.45) is 0 Å². The van der Waals surface area contributed by atoms with Crippen molar-refractivity contribution in [3.8, 4) is 0 Å². The van der Waals surface area contributed by atoms with Crippen LogP contribution in [0.25, 0.3) is 0 Å². The molecule has 0 aromatic carbocycles. The van der Waals surface area contributed by atoms with Crippen molar-refractivity contribution in [3.63, 3.8) is 0 Å². The normalized spacial score (nSPS) is 23.8. The first-order valence-corrected chi connectivity index (χ1v) is 7.84. The van der Waals surface area contributed by atoms with Gasteiger partial charge in [-0.1, -0.05) is 0 Å². The highest BCUT2D eigenvalue weighted by Crippen LogP contribution is 2.31. The molecule has 1 aromatic rings. The molecule has 134 valence electrons. The summed E-state index contributed by atoms with van der Waals surface area (Å²) in [5, 5.41) is 6.46. The van der Waals surface area contributed by atoms with Crippen LogP contribution in [0.15, 0.2) is 4.79 Å². The fourth-order valence-corrected chi connectivity index (χ4v) is 3.12. The molecule has 2 aliphatic rings. The van der Waals surface area contributed by atoms with Crippen LogP contribution < -0.4 is 10.9 Å². The van der Waals surface area contributed by atoms with E-state index in [1.54, 1.807) is 0 Å². The summed E-state index contributed by atoms with van der Waals surface area (Å²) >= 11 is 0. The Hall–Kier alpha value is -1.45. The van der Waals surface area contributed by atoms with Gasteiger partial charge in [0.1, 0.15) is 6.10 Å². The standard InChI is InChI=1S/C15H20F3N3O3/c1-14(2)8-23-7-9(24-14)6-21-13(22)10-3-4-19-5-11(10)12(20-21)15(16,17)18/h9,19H,3-8H2,1-2H3. The maximum atomic E-state index is 13.3. The van der Waals surface area contributed by atoms with E-state index in [1.165, 1.54) is 0 Å². The molecule has 0 radical (unpaired) electrons. The molecule has 1 atom stereocenters. The van der Waals surface area contributed by atoms with Gasteiger partial charge in [0.25, 0.3) is 5.56 Å². The molecule has 0 bridgehead atoms. The number of fused-ring (bicyclic) bond motifs is 1. The van der Waals surface area contributed by atoms with Crippen LogP contribution >= 0.6 is 0 Å². The molecule has 6 nitrogen and oxygen atoms in total. The van der Waals surface area contributed by atoms with Gasteiger partial charge >= 0.3 is 6.18 Å². The molecule has 1 unspecified atom stereocenters. The van der Waals surface area contributed by atoms with Gasteiger partial charge in [0, 0.05) is 17.7 Å². The lowest BCUT2D eigenvalue weighted by Gasteiger charge is -2.36. The lowest BCUT2D eigenvalue weighted by atomic mass is 10.0. The third kappa shape index (κ3) is 3.47. The minimum Gasteiger partial charge on any atom is -0.376 e. The van der Waals surface area contributed by atoms with Gasteiger partial charge < -0.3 is 14.8 Å². The number of hydrogen-bond donors (Lipinski definition) is 1. The maximum Gasteiger partial charge on any atom is 0.435 e. The summed E-state index contributed by atoms with van der Waals surface area (Å²) in [5.41, 5.74) is -1.88. The number of nitrogens with one attached hydrogen (secondary N) is 1. The molecule has 1 N–H and O–H groups in total. The van der Waals surface area contributed by atoms with Crippen molar-refractivity contribution in [1.82, 2.24) is 15.1 Å². The van der Waals surface area contributed by atoms with E-state index in [2.05, 4.69) is 10.4 Å². The molecular weight excluding hydrogens is 327 g/mol. The van der Waals surface area contributed by atoms with Crippen LogP contribution in [0, 0.1) is 0 Å². The molecule has 0 spiro atoms. The molecule has 3 heterocycles. The van der Waals surface area contributed by atoms with Gasteiger partial charge in [-0.2, -0.15) is 18.3 Å². The Kier molecular flexibility index (Phi) is 4.43. The fourth-order valence-electron chi connectivity index (χ4n) is 3.12. The Bertz CT molecular complexity index is 685. The summed E-state index contributed by atoms with van der Waals surface area (Å²) in [6, 6.07) is 0. The first kappa shape index (κ1) is 17.4. The predicted molar refractivity (Wildman–Crippen MR) is 78.7 cm³/mol. The minimum atomic E-state index is -4.61. The van der Waals surface area contributed by atoms with E-state index in [-0.39, 0.29) is 37.2 Å².